The topological polar surface area (TPSA) is 106 Å². The van der Waals surface area contributed by atoms with E-state index < -0.39 is 0 Å². The zero-order valence-electron chi connectivity index (χ0n) is 19.1. The van der Waals surface area contributed by atoms with E-state index in [-0.39, 0.29) is 11.6 Å². The van der Waals surface area contributed by atoms with Crippen LogP contribution >= 0.6 is 11.6 Å². The molecular weight excluding hydrogens is 480 g/mol. The quantitative estimate of drug-likeness (QED) is 0.404. The van der Waals surface area contributed by atoms with Crippen molar-refractivity contribution >= 4 is 39.9 Å². The van der Waals surface area contributed by atoms with Crippen LogP contribution in [0.2, 0.25) is 5.02 Å². The highest BCUT2D eigenvalue weighted by Crippen LogP contribution is 2.39. The summed E-state index contributed by atoms with van der Waals surface area (Å²) in [4.78, 5) is 32.8. The Balaban J connectivity index is 1.44. The van der Waals surface area contributed by atoms with Gasteiger partial charge in [-0.25, -0.2) is 19.5 Å². The zero-order valence-corrected chi connectivity index (χ0v) is 19.9. The summed E-state index contributed by atoms with van der Waals surface area (Å²) in [5.41, 5.74) is 2.42. The number of para-hydroxylation sites is 1. The summed E-state index contributed by atoms with van der Waals surface area (Å²) in [5.74, 6) is 1.98. The maximum absolute atomic E-state index is 13.8. The van der Waals surface area contributed by atoms with Crippen LogP contribution in [0.4, 0.5) is 5.82 Å². The molecule has 6 heterocycles. The maximum atomic E-state index is 13.8. The monoisotopic (exact) mass is 500 g/mol. The van der Waals surface area contributed by atoms with Crippen molar-refractivity contribution in [1.82, 2.24) is 29.1 Å². The molecule has 11 heteroatoms. The first-order valence-corrected chi connectivity index (χ1v) is 12.2. The van der Waals surface area contributed by atoms with Crippen LogP contribution in [-0.2, 0) is 4.74 Å². The molecule has 0 spiro atoms. The number of fused-ring (bicyclic) bond motifs is 2. The molecule has 4 aromatic heterocycles. The fraction of sp³-hybridized carbons (Fsp3) is 0.240. The number of ether oxygens (including phenoxy) is 1. The summed E-state index contributed by atoms with van der Waals surface area (Å²) in [6.07, 6.45) is 6.87. The average Bonchev–Trinajstić information content (AvgIpc) is 3.70. The van der Waals surface area contributed by atoms with Crippen LogP contribution in [0.3, 0.4) is 0 Å². The Labute approximate surface area is 209 Å². The summed E-state index contributed by atoms with van der Waals surface area (Å²) in [6.45, 7) is 1.94. The molecule has 1 saturated heterocycles. The van der Waals surface area contributed by atoms with Gasteiger partial charge in [0.1, 0.15) is 29.9 Å². The Kier molecular flexibility index (Phi) is 4.81. The number of benzene rings is 1. The lowest BCUT2D eigenvalue weighted by Crippen LogP contribution is -2.33. The van der Waals surface area contributed by atoms with Gasteiger partial charge < -0.3 is 14.6 Å². The number of aromatic amines is 1. The number of nitrogens with zero attached hydrogens (tertiary/aromatic N) is 7. The van der Waals surface area contributed by atoms with Gasteiger partial charge >= 0.3 is 0 Å². The Hall–Kier alpha value is -4.18. The molecule has 0 radical (unpaired) electrons. The summed E-state index contributed by atoms with van der Waals surface area (Å²) < 4.78 is 9.01. The van der Waals surface area contributed by atoms with Crippen molar-refractivity contribution in [3.63, 3.8) is 0 Å². The third kappa shape index (κ3) is 3.14. The van der Waals surface area contributed by atoms with E-state index in [4.69, 9.17) is 26.4 Å². The number of hydrogen-bond acceptors (Lipinski definition) is 7. The minimum Gasteiger partial charge on any atom is -0.475 e. The van der Waals surface area contributed by atoms with E-state index in [2.05, 4.69) is 19.9 Å². The average molecular weight is 501 g/mol. The molecule has 10 nitrogen and oxygen atoms in total. The van der Waals surface area contributed by atoms with Crippen molar-refractivity contribution in [3.05, 3.63) is 81.9 Å². The molecule has 1 fully saturated rings. The van der Waals surface area contributed by atoms with Crippen molar-refractivity contribution in [1.29, 1.82) is 0 Å². The summed E-state index contributed by atoms with van der Waals surface area (Å²) >= 11 is 6.38. The second kappa shape index (κ2) is 8.20. The van der Waals surface area contributed by atoms with Crippen molar-refractivity contribution < 1.29 is 4.74 Å². The maximum Gasteiger partial charge on any atom is 0.284 e. The third-order valence-electron chi connectivity index (χ3n) is 6.77. The standard InChI is InChI=1S/C25H21ClN8O2/c26-17-8-11-33-20(17)25(35)34(15-5-2-1-3-6-15)22(31-33)18-7-4-10-32(18)23-19-16(24-27-9-12-36-24)13-28-21(19)29-14-30-23/h1-3,5-6,8,11,13-14,18H,4,7,9-10,12H2,(H,28,29,30)/t18-/m0/s1. The molecule has 0 aliphatic carbocycles. The van der Waals surface area contributed by atoms with Gasteiger partial charge in [-0.1, -0.05) is 29.8 Å². The highest BCUT2D eigenvalue weighted by Gasteiger charge is 2.34. The van der Waals surface area contributed by atoms with Crippen LogP contribution in [-0.4, -0.2) is 54.7 Å². The highest BCUT2D eigenvalue weighted by molar-refractivity contribution is 6.33. The molecule has 0 amide bonds. The summed E-state index contributed by atoms with van der Waals surface area (Å²) in [5, 5.41) is 6.14. The van der Waals surface area contributed by atoms with Crippen LogP contribution < -0.4 is 10.5 Å². The second-order valence-electron chi connectivity index (χ2n) is 8.80. The van der Waals surface area contributed by atoms with Gasteiger partial charge in [-0.3, -0.25) is 9.36 Å². The molecule has 7 rings (SSSR count). The highest BCUT2D eigenvalue weighted by atomic mass is 35.5. The first-order chi connectivity index (χ1) is 17.7. The molecule has 1 aromatic carbocycles. The van der Waals surface area contributed by atoms with Gasteiger partial charge in [0.2, 0.25) is 5.90 Å². The number of halogens is 1. The van der Waals surface area contributed by atoms with Gasteiger partial charge in [-0.05, 0) is 31.0 Å². The Bertz CT molecular complexity index is 1700. The number of aromatic nitrogens is 6. The van der Waals surface area contributed by atoms with Gasteiger partial charge in [0.05, 0.1) is 34.2 Å². The molecule has 0 bridgehead atoms. The number of aliphatic imine (C=N–C) groups is 1. The third-order valence-corrected chi connectivity index (χ3v) is 7.07. The molecule has 2 aliphatic heterocycles. The Morgan fingerprint density at radius 1 is 1.14 bits per heavy atom. The molecule has 5 aromatic rings. The number of anilines is 1. The predicted molar refractivity (Wildman–Crippen MR) is 136 cm³/mol. The van der Waals surface area contributed by atoms with E-state index in [1.165, 1.54) is 0 Å². The Morgan fingerprint density at radius 3 is 2.86 bits per heavy atom. The number of hydrogen-bond donors (Lipinski definition) is 1. The van der Waals surface area contributed by atoms with Crippen LogP contribution in [0.1, 0.15) is 30.3 Å². The lowest BCUT2D eigenvalue weighted by molar-refractivity contribution is 0.348. The number of rotatable bonds is 4. The van der Waals surface area contributed by atoms with Crippen LogP contribution in [0, 0.1) is 0 Å². The summed E-state index contributed by atoms with van der Waals surface area (Å²) in [6, 6.07) is 11.0. The first-order valence-electron chi connectivity index (χ1n) is 11.8. The molecular formula is C25H21ClN8O2. The molecule has 180 valence electrons. The smallest absolute Gasteiger partial charge is 0.284 e. The van der Waals surface area contributed by atoms with Gasteiger partial charge in [0.15, 0.2) is 5.82 Å². The normalized spacial score (nSPS) is 17.8. The second-order valence-corrected chi connectivity index (χ2v) is 9.21. The van der Waals surface area contributed by atoms with Crippen molar-refractivity contribution in [3.8, 4) is 5.69 Å². The Morgan fingerprint density at radius 2 is 2.03 bits per heavy atom. The lowest BCUT2D eigenvalue weighted by atomic mass is 10.1. The van der Waals surface area contributed by atoms with Crippen LogP contribution in [0.15, 0.2) is 64.9 Å². The van der Waals surface area contributed by atoms with Gasteiger partial charge in [0.25, 0.3) is 5.56 Å². The minimum absolute atomic E-state index is 0.198. The molecule has 0 unspecified atom stereocenters. The van der Waals surface area contributed by atoms with Gasteiger partial charge in [0, 0.05) is 18.9 Å². The predicted octanol–water partition coefficient (Wildman–Crippen LogP) is 3.53. The van der Waals surface area contributed by atoms with Gasteiger partial charge in [-0.2, -0.15) is 5.10 Å². The largest absolute Gasteiger partial charge is 0.475 e. The molecule has 1 atom stereocenters. The van der Waals surface area contributed by atoms with E-state index in [0.717, 1.165) is 41.8 Å². The van der Waals surface area contributed by atoms with E-state index >= 15 is 0 Å². The van der Waals surface area contributed by atoms with E-state index in [9.17, 15) is 4.79 Å². The SMILES string of the molecule is O=c1c2c(Cl)ccn2nc([C@@H]2CCCN2c2ncnc3[nH]cc(C4=NCCO4)c23)n1-c1ccccc1. The van der Waals surface area contributed by atoms with E-state index in [0.29, 0.717) is 41.1 Å². The summed E-state index contributed by atoms with van der Waals surface area (Å²) in [7, 11) is 0. The van der Waals surface area contributed by atoms with Crippen LogP contribution in [0.25, 0.3) is 22.2 Å². The minimum atomic E-state index is -0.211. The fourth-order valence-electron chi connectivity index (χ4n) is 5.21. The number of H-pyrrole nitrogens is 1. The fourth-order valence-corrected chi connectivity index (χ4v) is 5.43. The van der Waals surface area contributed by atoms with Crippen molar-refractivity contribution in [2.45, 2.75) is 18.9 Å². The molecule has 1 N–H and O–H groups in total. The van der Waals surface area contributed by atoms with Crippen LogP contribution in [0.5, 0.6) is 0 Å². The number of nitrogens with one attached hydrogen (secondary N) is 1. The lowest BCUT2D eigenvalue weighted by Gasteiger charge is -2.28. The molecule has 2 aliphatic rings. The van der Waals surface area contributed by atoms with Gasteiger partial charge in [-0.15, -0.1) is 0 Å². The molecule has 36 heavy (non-hydrogen) atoms. The van der Waals surface area contributed by atoms with E-state index in [1.807, 2.05) is 36.5 Å². The van der Waals surface area contributed by atoms with Crippen molar-refractivity contribution in [2.24, 2.45) is 4.99 Å². The first kappa shape index (κ1) is 21.1. The van der Waals surface area contributed by atoms with E-state index in [1.54, 1.807) is 27.7 Å². The van der Waals surface area contributed by atoms with Crippen molar-refractivity contribution in [2.75, 3.05) is 24.6 Å². The zero-order chi connectivity index (χ0) is 24.2. The molecule has 0 saturated carbocycles.